The Hall–Kier alpha value is -3.34. The number of methoxy groups -OCH3 is 1. The van der Waals surface area contributed by atoms with Gasteiger partial charge in [0, 0.05) is 19.3 Å². The number of benzene rings is 1. The van der Waals surface area contributed by atoms with Crippen LogP contribution in [0.1, 0.15) is 100.0 Å². The first-order valence-corrected chi connectivity index (χ1v) is 14.4. The van der Waals surface area contributed by atoms with Crippen molar-refractivity contribution >= 4 is 24.2 Å². The van der Waals surface area contributed by atoms with Crippen LogP contribution in [-0.2, 0) is 35.0 Å². The summed E-state index contributed by atoms with van der Waals surface area (Å²) in [6, 6.07) is 4.37. The van der Waals surface area contributed by atoms with E-state index < -0.39 is 41.1 Å². The van der Waals surface area contributed by atoms with Gasteiger partial charge in [0.25, 0.3) is 0 Å². The zero-order valence-electron chi connectivity index (χ0n) is 26.8. The Bertz CT molecular complexity index is 1080. The Morgan fingerprint density at radius 1 is 0.857 bits per heavy atom. The summed E-state index contributed by atoms with van der Waals surface area (Å²) in [5, 5.41) is 0. The Kier molecular flexibility index (Phi) is 13.8. The van der Waals surface area contributed by atoms with Gasteiger partial charge in [-0.3, -0.25) is 9.59 Å². The number of ether oxygens (including phenoxy) is 6. The molecule has 0 heterocycles. The summed E-state index contributed by atoms with van der Waals surface area (Å²) in [6.07, 6.45) is -0.802. The lowest BCUT2D eigenvalue weighted by atomic mass is 9.86. The highest BCUT2D eigenvalue weighted by molar-refractivity contribution is 5.81. The quantitative estimate of drug-likeness (QED) is 0.139. The molecule has 0 saturated heterocycles. The normalized spacial score (nSPS) is 13.9. The molecule has 0 radical (unpaired) electrons. The first-order valence-electron chi connectivity index (χ1n) is 14.4. The summed E-state index contributed by atoms with van der Waals surface area (Å²) < 4.78 is 32.0. The predicted molar refractivity (Wildman–Crippen MR) is 156 cm³/mol. The minimum atomic E-state index is -1.60. The Labute approximate surface area is 249 Å². The van der Waals surface area contributed by atoms with Crippen molar-refractivity contribution in [3.05, 3.63) is 23.8 Å². The molecule has 0 aliphatic carbocycles. The fourth-order valence-corrected chi connectivity index (χ4v) is 3.68. The van der Waals surface area contributed by atoms with Crippen LogP contribution >= 0.6 is 0 Å². The van der Waals surface area contributed by atoms with Crippen molar-refractivity contribution in [1.82, 2.24) is 0 Å². The maximum atomic E-state index is 12.8. The topological polar surface area (TPSA) is 150 Å². The third-order valence-electron chi connectivity index (χ3n) is 6.84. The molecule has 0 amide bonds. The Morgan fingerprint density at radius 3 is 1.86 bits per heavy atom. The first-order chi connectivity index (χ1) is 19.3. The van der Waals surface area contributed by atoms with E-state index in [0.717, 1.165) is 0 Å². The molecule has 238 valence electrons. The van der Waals surface area contributed by atoms with Gasteiger partial charge in [-0.2, -0.15) is 0 Å². The zero-order chi connectivity index (χ0) is 32.3. The van der Waals surface area contributed by atoms with E-state index in [1.54, 1.807) is 40.7 Å². The van der Waals surface area contributed by atoms with Crippen LogP contribution in [0.15, 0.2) is 18.2 Å². The van der Waals surface area contributed by atoms with Gasteiger partial charge in [0.05, 0.1) is 7.11 Å². The minimum Gasteiger partial charge on any atom is -0.468 e. The van der Waals surface area contributed by atoms with Crippen molar-refractivity contribution in [3.63, 3.8) is 0 Å². The fourth-order valence-electron chi connectivity index (χ4n) is 3.68. The van der Waals surface area contributed by atoms with Gasteiger partial charge in [-0.1, -0.05) is 33.8 Å². The van der Waals surface area contributed by atoms with E-state index in [1.807, 2.05) is 27.7 Å². The number of rotatable bonds is 15. The van der Waals surface area contributed by atoms with Crippen LogP contribution < -0.4 is 15.2 Å². The number of carbonyl (C=O) groups excluding carboxylic acids is 4. The predicted octanol–water partition coefficient (Wildman–Crippen LogP) is 6.27. The van der Waals surface area contributed by atoms with E-state index in [2.05, 4.69) is 0 Å². The molecule has 0 fully saturated rings. The Balaban J connectivity index is 3.30. The van der Waals surface area contributed by atoms with E-state index in [-0.39, 0.29) is 36.7 Å². The van der Waals surface area contributed by atoms with Gasteiger partial charge in [-0.15, -0.1) is 0 Å². The van der Waals surface area contributed by atoms with Crippen molar-refractivity contribution in [1.29, 1.82) is 0 Å². The molecule has 0 aliphatic heterocycles. The van der Waals surface area contributed by atoms with Gasteiger partial charge in [-0.25, -0.2) is 9.59 Å². The summed E-state index contributed by atoms with van der Waals surface area (Å²) in [4.78, 5) is 50.2. The van der Waals surface area contributed by atoms with Gasteiger partial charge in [0.2, 0.25) is 0 Å². The minimum absolute atomic E-state index is 0.0350. The Morgan fingerprint density at radius 2 is 1.38 bits per heavy atom. The van der Waals surface area contributed by atoms with E-state index in [0.29, 0.717) is 30.7 Å². The monoisotopic (exact) mass is 595 g/mol. The molecule has 0 saturated carbocycles. The molecule has 0 spiro atoms. The average molecular weight is 596 g/mol. The SMILES string of the molecule is CCC(C)(C)OC(=O)Oc1ccc(CC(N)(C[C@H](C)OC(=O)CCC(C)C)C(=O)OC)cc1OC(=O)OC(C)(C)CC. The van der Waals surface area contributed by atoms with Crippen molar-refractivity contribution in [2.24, 2.45) is 11.7 Å². The number of hydrogen-bond acceptors (Lipinski definition) is 11. The molecule has 0 aromatic heterocycles. The van der Waals surface area contributed by atoms with Crippen molar-refractivity contribution in [2.45, 2.75) is 124 Å². The number of nitrogens with two attached hydrogens (primary N) is 1. The van der Waals surface area contributed by atoms with Crippen LogP contribution in [0.3, 0.4) is 0 Å². The average Bonchev–Trinajstić information content (AvgIpc) is 2.87. The second-order valence-corrected chi connectivity index (χ2v) is 12.2. The summed E-state index contributed by atoms with van der Waals surface area (Å²) in [5.74, 6) is -1.01. The maximum absolute atomic E-state index is 12.8. The van der Waals surface area contributed by atoms with Crippen molar-refractivity contribution in [3.8, 4) is 11.5 Å². The number of hydrogen-bond donors (Lipinski definition) is 1. The molecule has 0 aliphatic rings. The molecule has 1 rings (SSSR count). The number of carbonyl (C=O) groups is 4. The highest BCUT2D eigenvalue weighted by Gasteiger charge is 2.38. The van der Waals surface area contributed by atoms with Crippen LogP contribution in [0.4, 0.5) is 9.59 Å². The molecule has 42 heavy (non-hydrogen) atoms. The van der Waals surface area contributed by atoms with E-state index in [1.165, 1.54) is 19.2 Å². The highest BCUT2D eigenvalue weighted by Crippen LogP contribution is 2.33. The summed E-state index contributed by atoms with van der Waals surface area (Å²) in [6.45, 7) is 16.3. The van der Waals surface area contributed by atoms with Gasteiger partial charge in [0.1, 0.15) is 22.8 Å². The largest absolute Gasteiger partial charge is 0.514 e. The van der Waals surface area contributed by atoms with Crippen LogP contribution in [-0.4, -0.2) is 54.2 Å². The highest BCUT2D eigenvalue weighted by atomic mass is 16.8. The lowest BCUT2D eigenvalue weighted by Crippen LogP contribution is -2.53. The molecular weight excluding hydrogens is 546 g/mol. The van der Waals surface area contributed by atoms with Crippen LogP contribution in [0.2, 0.25) is 0 Å². The van der Waals surface area contributed by atoms with Crippen molar-refractivity contribution in [2.75, 3.05) is 7.11 Å². The molecule has 1 aromatic carbocycles. The second kappa shape index (κ2) is 15.8. The second-order valence-electron chi connectivity index (χ2n) is 12.2. The summed E-state index contributed by atoms with van der Waals surface area (Å²) >= 11 is 0. The third kappa shape index (κ3) is 12.7. The maximum Gasteiger partial charge on any atom is 0.514 e. The standard InChI is InChI=1S/C31H49NO10/c1-11-29(6,7)41-27(35)39-23-15-14-22(17-24(23)40-28(36)42-30(8,9)12-2)19-31(32,26(34)37-10)18-21(5)38-25(33)16-13-20(3)4/h14-15,17,20-21H,11-13,16,18-19,32H2,1-10H3/t21-,31?/m0/s1. The van der Waals surface area contributed by atoms with E-state index >= 15 is 0 Å². The van der Waals surface area contributed by atoms with E-state index in [4.69, 9.17) is 34.2 Å². The van der Waals surface area contributed by atoms with E-state index in [9.17, 15) is 19.2 Å². The van der Waals surface area contributed by atoms with Gasteiger partial charge in [-0.05, 0) is 77.5 Å². The zero-order valence-corrected chi connectivity index (χ0v) is 26.8. The lowest BCUT2D eigenvalue weighted by Gasteiger charge is -2.29. The van der Waals surface area contributed by atoms with Crippen LogP contribution in [0.5, 0.6) is 11.5 Å². The van der Waals surface area contributed by atoms with Crippen LogP contribution in [0.25, 0.3) is 0 Å². The third-order valence-corrected chi connectivity index (χ3v) is 6.84. The molecule has 1 aromatic rings. The molecule has 2 atom stereocenters. The fraction of sp³-hybridized carbons (Fsp3) is 0.677. The molecule has 11 nitrogen and oxygen atoms in total. The van der Waals surface area contributed by atoms with Crippen LogP contribution in [0, 0.1) is 5.92 Å². The molecule has 0 bridgehead atoms. The van der Waals surface area contributed by atoms with Crippen molar-refractivity contribution < 1.29 is 47.6 Å². The van der Waals surface area contributed by atoms with Gasteiger partial charge >= 0.3 is 24.2 Å². The molecule has 11 heteroatoms. The smallest absolute Gasteiger partial charge is 0.468 e. The van der Waals surface area contributed by atoms with Gasteiger partial charge < -0.3 is 34.2 Å². The first kappa shape index (κ1) is 36.7. The summed E-state index contributed by atoms with van der Waals surface area (Å²) in [7, 11) is 1.21. The lowest BCUT2D eigenvalue weighted by molar-refractivity contribution is -0.155. The molecule has 1 unspecified atom stereocenters. The van der Waals surface area contributed by atoms with Gasteiger partial charge in [0.15, 0.2) is 11.5 Å². The molecule has 2 N–H and O–H groups in total. The molecular formula is C31H49NO10. The number of esters is 2. The summed E-state index contributed by atoms with van der Waals surface area (Å²) in [5.41, 5.74) is 3.80.